The molecule has 1 saturated heterocycles. The van der Waals surface area contributed by atoms with Crippen molar-refractivity contribution in [3.8, 4) is 5.75 Å². The van der Waals surface area contributed by atoms with E-state index in [0.29, 0.717) is 6.54 Å². The van der Waals surface area contributed by atoms with Crippen molar-refractivity contribution in [3.05, 3.63) is 29.3 Å². The molecule has 2 rings (SSSR count). The van der Waals surface area contributed by atoms with Gasteiger partial charge in [-0.05, 0) is 43.9 Å². The van der Waals surface area contributed by atoms with Crippen LogP contribution < -0.4 is 15.4 Å². The Bertz CT molecular complexity index is 549. The number of halogens is 1. The molecule has 1 aromatic rings. The Balaban J connectivity index is 0.00000338. The van der Waals surface area contributed by atoms with Crippen LogP contribution in [0.1, 0.15) is 30.9 Å². The van der Waals surface area contributed by atoms with Crippen molar-refractivity contribution in [1.82, 2.24) is 10.6 Å². The van der Waals surface area contributed by atoms with Crippen LogP contribution >= 0.6 is 24.0 Å². The van der Waals surface area contributed by atoms with Crippen molar-refractivity contribution in [2.75, 3.05) is 40.0 Å². The molecular formula is C19H32IN3O3. The van der Waals surface area contributed by atoms with Gasteiger partial charge in [0.25, 0.3) is 0 Å². The van der Waals surface area contributed by atoms with Gasteiger partial charge in [0, 0.05) is 26.3 Å². The van der Waals surface area contributed by atoms with Crippen molar-refractivity contribution < 1.29 is 14.2 Å². The highest BCUT2D eigenvalue weighted by atomic mass is 127. The molecular weight excluding hydrogens is 445 g/mol. The second kappa shape index (κ2) is 13.2. The molecule has 1 aliphatic heterocycles. The zero-order chi connectivity index (χ0) is 17.9. The number of nitrogens with zero attached hydrogens (tertiary/aromatic N) is 1. The fourth-order valence-corrected chi connectivity index (χ4v) is 2.72. The third-order valence-electron chi connectivity index (χ3n) is 4.08. The first-order valence-corrected chi connectivity index (χ1v) is 9.08. The van der Waals surface area contributed by atoms with Crippen LogP contribution in [0.5, 0.6) is 5.75 Å². The highest BCUT2D eigenvalue weighted by Crippen LogP contribution is 2.18. The Labute approximate surface area is 174 Å². The molecule has 1 heterocycles. The summed E-state index contributed by atoms with van der Waals surface area (Å²) < 4.78 is 16.4. The zero-order valence-electron chi connectivity index (χ0n) is 16.0. The van der Waals surface area contributed by atoms with Crippen LogP contribution in [0.25, 0.3) is 0 Å². The normalized spacial score (nSPS) is 16.9. The summed E-state index contributed by atoms with van der Waals surface area (Å²) in [7, 11) is 1.69. The van der Waals surface area contributed by atoms with Gasteiger partial charge in [0.1, 0.15) is 5.75 Å². The van der Waals surface area contributed by atoms with Crippen LogP contribution in [-0.4, -0.2) is 52.1 Å². The van der Waals surface area contributed by atoms with Crippen LogP contribution in [0.2, 0.25) is 0 Å². The number of methoxy groups -OCH3 is 1. The van der Waals surface area contributed by atoms with Crippen LogP contribution in [0.3, 0.4) is 0 Å². The molecule has 26 heavy (non-hydrogen) atoms. The minimum atomic E-state index is 0. The van der Waals surface area contributed by atoms with E-state index in [9.17, 15) is 0 Å². The van der Waals surface area contributed by atoms with Gasteiger partial charge in [-0.3, -0.25) is 0 Å². The van der Waals surface area contributed by atoms with Gasteiger partial charge < -0.3 is 24.8 Å². The minimum Gasteiger partial charge on any atom is -0.496 e. The van der Waals surface area contributed by atoms with E-state index in [4.69, 9.17) is 14.2 Å². The molecule has 0 amide bonds. The Morgan fingerprint density at radius 2 is 2.19 bits per heavy atom. The molecule has 0 aliphatic carbocycles. The number of nitrogens with one attached hydrogen (secondary N) is 2. The maximum Gasteiger partial charge on any atom is 0.191 e. The first-order chi connectivity index (χ1) is 12.2. The van der Waals surface area contributed by atoms with Crippen LogP contribution in [0.4, 0.5) is 0 Å². The monoisotopic (exact) mass is 477 g/mol. The fraction of sp³-hybridized carbons (Fsp3) is 0.632. The maximum atomic E-state index is 5.77. The lowest BCUT2D eigenvalue weighted by Crippen LogP contribution is -2.38. The third-order valence-corrected chi connectivity index (χ3v) is 4.08. The molecule has 1 aromatic carbocycles. The van der Waals surface area contributed by atoms with Gasteiger partial charge in [-0.1, -0.05) is 12.1 Å². The Kier molecular flexibility index (Phi) is 11.6. The summed E-state index contributed by atoms with van der Waals surface area (Å²) in [4.78, 5) is 4.65. The lowest BCUT2D eigenvalue weighted by Gasteiger charge is -2.13. The zero-order valence-corrected chi connectivity index (χ0v) is 18.4. The highest BCUT2D eigenvalue weighted by molar-refractivity contribution is 14.0. The number of aryl methyl sites for hydroxylation is 1. The predicted octanol–water partition coefficient (Wildman–Crippen LogP) is 2.87. The Morgan fingerprint density at radius 1 is 1.35 bits per heavy atom. The fourth-order valence-electron chi connectivity index (χ4n) is 2.72. The predicted molar refractivity (Wildman–Crippen MR) is 116 cm³/mol. The van der Waals surface area contributed by atoms with E-state index in [1.165, 1.54) is 5.56 Å². The first kappa shape index (κ1) is 23.0. The van der Waals surface area contributed by atoms with E-state index in [0.717, 1.165) is 63.0 Å². The van der Waals surface area contributed by atoms with Gasteiger partial charge in [-0.15, -0.1) is 24.0 Å². The number of rotatable bonds is 9. The van der Waals surface area contributed by atoms with Crippen molar-refractivity contribution in [3.63, 3.8) is 0 Å². The summed E-state index contributed by atoms with van der Waals surface area (Å²) in [6, 6.07) is 6.16. The van der Waals surface area contributed by atoms with E-state index in [2.05, 4.69) is 34.7 Å². The maximum absolute atomic E-state index is 5.77. The largest absolute Gasteiger partial charge is 0.496 e. The van der Waals surface area contributed by atoms with E-state index in [1.54, 1.807) is 7.11 Å². The quantitative estimate of drug-likeness (QED) is 0.248. The second-order valence-electron chi connectivity index (χ2n) is 6.14. The molecule has 7 heteroatoms. The molecule has 1 atom stereocenters. The molecule has 148 valence electrons. The molecule has 0 bridgehead atoms. The summed E-state index contributed by atoms with van der Waals surface area (Å²) in [5.41, 5.74) is 2.29. The van der Waals surface area contributed by atoms with Crippen molar-refractivity contribution >= 4 is 29.9 Å². The van der Waals surface area contributed by atoms with Gasteiger partial charge in [-0.25, -0.2) is 4.99 Å². The minimum absolute atomic E-state index is 0. The molecule has 0 saturated carbocycles. The first-order valence-electron chi connectivity index (χ1n) is 9.08. The molecule has 0 aromatic heterocycles. The van der Waals surface area contributed by atoms with E-state index in [-0.39, 0.29) is 30.1 Å². The average molecular weight is 477 g/mol. The number of ether oxygens (including phenoxy) is 3. The number of benzene rings is 1. The summed E-state index contributed by atoms with van der Waals surface area (Å²) in [6.45, 7) is 8.73. The van der Waals surface area contributed by atoms with Gasteiger partial charge in [0.15, 0.2) is 5.96 Å². The van der Waals surface area contributed by atoms with E-state index < -0.39 is 0 Å². The summed E-state index contributed by atoms with van der Waals surface area (Å²) in [5, 5.41) is 6.63. The Morgan fingerprint density at radius 3 is 2.85 bits per heavy atom. The van der Waals surface area contributed by atoms with Crippen LogP contribution in [0.15, 0.2) is 23.2 Å². The van der Waals surface area contributed by atoms with E-state index >= 15 is 0 Å². The topological polar surface area (TPSA) is 64.1 Å². The van der Waals surface area contributed by atoms with Crippen molar-refractivity contribution in [2.24, 2.45) is 4.99 Å². The average Bonchev–Trinajstić information content (AvgIpc) is 3.13. The van der Waals surface area contributed by atoms with Crippen LogP contribution in [-0.2, 0) is 16.0 Å². The summed E-state index contributed by atoms with van der Waals surface area (Å²) in [5.74, 6) is 1.74. The Hall–Kier alpha value is -1.06. The molecule has 1 fully saturated rings. The summed E-state index contributed by atoms with van der Waals surface area (Å²) in [6.07, 6.45) is 2.24. The van der Waals surface area contributed by atoms with Gasteiger partial charge in [-0.2, -0.15) is 0 Å². The SMILES string of the molecule is CCNC(=NCc1ccc(OC)c(C)c1)NCCCOC1CCOC1.I. The van der Waals surface area contributed by atoms with Gasteiger partial charge in [0.2, 0.25) is 0 Å². The molecule has 2 N–H and O–H groups in total. The molecule has 1 unspecified atom stereocenters. The number of guanidine groups is 1. The molecule has 1 aliphatic rings. The van der Waals surface area contributed by atoms with Crippen molar-refractivity contribution in [1.29, 1.82) is 0 Å². The smallest absolute Gasteiger partial charge is 0.191 e. The third kappa shape index (κ3) is 8.09. The number of hydrogen-bond acceptors (Lipinski definition) is 4. The van der Waals surface area contributed by atoms with E-state index in [1.807, 2.05) is 13.0 Å². The molecule has 0 spiro atoms. The second-order valence-corrected chi connectivity index (χ2v) is 6.14. The van der Waals surface area contributed by atoms with Crippen LogP contribution in [0, 0.1) is 6.92 Å². The van der Waals surface area contributed by atoms with Crippen molar-refractivity contribution in [2.45, 2.75) is 39.3 Å². The standard InChI is InChI=1S/C19H31N3O3.HI/c1-4-20-19(21-9-5-10-25-17-8-11-24-14-17)22-13-16-6-7-18(23-3)15(2)12-16;/h6-7,12,17H,4-5,8-11,13-14H2,1-3H3,(H2,20,21,22);1H. The lowest BCUT2D eigenvalue weighted by atomic mass is 10.1. The molecule has 0 radical (unpaired) electrons. The highest BCUT2D eigenvalue weighted by Gasteiger charge is 2.15. The van der Waals surface area contributed by atoms with Gasteiger partial charge >= 0.3 is 0 Å². The lowest BCUT2D eigenvalue weighted by molar-refractivity contribution is 0.0420. The number of hydrogen-bond donors (Lipinski definition) is 2. The number of aliphatic imine (C=N–C) groups is 1. The van der Waals surface area contributed by atoms with Gasteiger partial charge in [0.05, 0.1) is 26.4 Å². The molecule has 6 nitrogen and oxygen atoms in total. The summed E-state index contributed by atoms with van der Waals surface area (Å²) >= 11 is 0.